The molecule has 5 rings (SSSR count). The van der Waals surface area contributed by atoms with Gasteiger partial charge in [-0.2, -0.15) is 0 Å². The van der Waals surface area contributed by atoms with E-state index in [4.69, 9.17) is 14.2 Å². The molecule has 1 aromatic heterocycles. The van der Waals surface area contributed by atoms with Gasteiger partial charge in [-0.3, -0.25) is 4.79 Å². The minimum absolute atomic E-state index is 0.00442. The van der Waals surface area contributed by atoms with E-state index in [1.54, 1.807) is 32.5 Å². The van der Waals surface area contributed by atoms with Gasteiger partial charge in [0.15, 0.2) is 17.3 Å². The smallest absolute Gasteiger partial charge is 0.340 e. The molecule has 0 saturated carbocycles. The summed E-state index contributed by atoms with van der Waals surface area (Å²) in [6.07, 6.45) is 1.82. The number of ether oxygens (including phenoxy) is 3. The van der Waals surface area contributed by atoms with Crippen LogP contribution in [0.4, 0.5) is 5.95 Å². The molecular formula is C24H21N3O5. The second-order valence-corrected chi connectivity index (χ2v) is 7.71. The van der Waals surface area contributed by atoms with Crippen molar-refractivity contribution >= 4 is 17.7 Å². The number of anilines is 1. The Hall–Kier alpha value is -3.94. The first-order chi connectivity index (χ1) is 15.6. The molecule has 1 N–H and O–H groups in total. The topological polar surface area (TPSA) is 99.6 Å². The molecule has 0 bridgehead atoms. The number of aromatic nitrogens is 2. The van der Waals surface area contributed by atoms with Gasteiger partial charge in [0.1, 0.15) is 0 Å². The van der Waals surface area contributed by atoms with Gasteiger partial charge < -0.3 is 19.5 Å². The number of nitrogens with zero attached hydrogens (tertiary/aromatic N) is 2. The van der Waals surface area contributed by atoms with Crippen molar-refractivity contribution in [3.05, 3.63) is 76.6 Å². The Bertz CT molecular complexity index is 1230. The van der Waals surface area contributed by atoms with E-state index in [-0.39, 0.29) is 17.7 Å². The van der Waals surface area contributed by atoms with E-state index < -0.39 is 6.23 Å². The Balaban J connectivity index is 1.41. The van der Waals surface area contributed by atoms with Crippen LogP contribution in [0.15, 0.2) is 48.7 Å². The summed E-state index contributed by atoms with van der Waals surface area (Å²) in [4.78, 5) is 33.7. The van der Waals surface area contributed by atoms with E-state index in [1.165, 1.54) is 0 Å². The predicted octanol–water partition coefficient (Wildman–Crippen LogP) is 3.69. The van der Waals surface area contributed by atoms with E-state index in [0.717, 1.165) is 11.1 Å². The second kappa shape index (κ2) is 7.96. The number of nitrogens with one attached hydrogen (secondary N) is 1. The number of ketones is 1. The highest BCUT2D eigenvalue weighted by Crippen LogP contribution is 2.37. The van der Waals surface area contributed by atoms with Crippen LogP contribution in [-0.4, -0.2) is 35.9 Å². The molecule has 1 aliphatic carbocycles. The number of esters is 1. The fourth-order valence-electron chi connectivity index (χ4n) is 4.23. The maximum atomic E-state index is 12.8. The van der Waals surface area contributed by atoms with Crippen LogP contribution in [0.25, 0.3) is 0 Å². The van der Waals surface area contributed by atoms with E-state index in [2.05, 4.69) is 15.3 Å². The summed E-state index contributed by atoms with van der Waals surface area (Å²) in [6.45, 7) is 0. The molecule has 0 amide bonds. The van der Waals surface area contributed by atoms with Crippen molar-refractivity contribution < 1.29 is 23.8 Å². The molecule has 0 saturated heterocycles. The van der Waals surface area contributed by atoms with Crippen molar-refractivity contribution in [1.29, 1.82) is 0 Å². The third-order valence-corrected chi connectivity index (χ3v) is 5.87. The molecule has 0 fully saturated rings. The molecule has 0 radical (unpaired) electrons. The average Bonchev–Trinajstić information content (AvgIpc) is 3.13. The second-order valence-electron chi connectivity index (χ2n) is 7.71. The Kier molecular flexibility index (Phi) is 4.97. The fourth-order valence-corrected chi connectivity index (χ4v) is 4.23. The van der Waals surface area contributed by atoms with Gasteiger partial charge in [-0.15, -0.1) is 0 Å². The van der Waals surface area contributed by atoms with Crippen molar-refractivity contribution in [2.24, 2.45) is 0 Å². The molecule has 8 heteroatoms. The van der Waals surface area contributed by atoms with Crippen molar-refractivity contribution in [2.45, 2.75) is 25.0 Å². The van der Waals surface area contributed by atoms with Crippen molar-refractivity contribution in [1.82, 2.24) is 9.97 Å². The minimum atomic E-state index is -0.669. The Morgan fingerprint density at radius 2 is 1.81 bits per heavy atom. The van der Waals surface area contributed by atoms with Crippen molar-refractivity contribution in [3.63, 3.8) is 0 Å². The van der Waals surface area contributed by atoms with Gasteiger partial charge in [-0.05, 0) is 36.1 Å². The lowest BCUT2D eigenvalue weighted by atomic mass is 9.82. The van der Waals surface area contributed by atoms with Crippen molar-refractivity contribution in [3.8, 4) is 11.5 Å². The normalized spacial score (nSPS) is 19.1. The van der Waals surface area contributed by atoms with E-state index in [1.807, 2.05) is 30.3 Å². The standard InChI is InChI=1S/C24H21N3O5/c1-30-20-8-7-13(11-21(20)31-2)14-9-18-17(19(28)10-14)12-25-24(26-18)27-22-15-5-3-4-6-16(15)23(29)32-22/h3-8,11-12,14,22H,9-10H2,1-2H3,(H,25,26,27)/t14-,22-/m1/s1. The van der Waals surface area contributed by atoms with Gasteiger partial charge >= 0.3 is 5.97 Å². The molecular weight excluding hydrogens is 410 g/mol. The Morgan fingerprint density at radius 3 is 2.62 bits per heavy atom. The van der Waals surface area contributed by atoms with Crippen LogP contribution in [0.5, 0.6) is 11.5 Å². The number of carbonyl (C=O) groups excluding carboxylic acids is 2. The first-order valence-corrected chi connectivity index (χ1v) is 10.2. The van der Waals surface area contributed by atoms with E-state index >= 15 is 0 Å². The zero-order valence-corrected chi connectivity index (χ0v) is 17.6. The number of Topliss-reactive ketones (excluding diaryl/α,β-unsaturated/α-hetero) is 1. The number of carbonyl (C=O) groups is 2. The molecule has 2 heterocycles. The van der Waals surface area contributed by atoms with Gasteiger partial charge in [0, 0.05) is 18.2 Å². The molecule has 0 unspecified atom stereocenters. The number of fused-ring (bicyclic) bond motifs is 2. The SMILES string of the molecule is COc1ccc([C@H]2CC(=O)c3cnc(N[C@@H]4OC(=O)c5ccccc54)nc3C2)cc1OC. The summed E-state index contributed by atoms with van der Waals surface area (Å²) in [5, 5.41) is 3.07. The van der Waals surface area contributed by atoms with Gasteiger partial charge in [0.05, 0.1) is 31.0 Å². The van der Waals surface area contributed by atoms with Gasteiger partial charge in [0.25, 0.3) is 0 Å². The lowest BCUT2D eigenvalue weighted by Crippen LogP contribution is -2.22. The zero-order chi connectivity index (χ0) is 22.2. The van der Waals surface area contributed by atoms with Gasteiger partial charge in [-0.1, -0.05) is 24.3 Å². The monoisotopic (exact) mass is 431 g/mol. The van der Waals surface area contributed by atoms with Crippen LogP contribution in [0, 0.1) is 0 Å². The number of hydrogen-bond donors (Lipinski definition) is 1. The summed E-state index contributed by atoms with van der Waals surface area (Å²) in [5.41, 5.74) is 3.42. The van der Waals surface area contributed by atoms with Crippen LogP contribution >= 0.6 is 0 Å². The summed E-state index contributed by atoms with van der Waals surface area (Å²) in [7, 11) is 3.17. The summed E-state index contributed by atoms with van der Waals surface area (Å²) >= 11 is 0. The van der Waals surface area contributed by atoms with Crippen LogP contribution in [0.2, 0.25) is 0 Å². The molecule has 0 spiro atoms. The fraction of sp³-hybridized carbons (Fsp3) is 0.250. The number of benzene rings is 2. The third-order valence-electron chi connectivity index (χ3n) is 5.87. The molecule has 162 valence electrons. The highest BCUT2D eigenvalue weighted by Gasteiger charge is 2.32. The van der Waals surface area contributed by atoms with Gasteiger partial charge in [0.2, 0.25) is 12.2 Å². The Morgan fingerprint density at radius 1 is 1.00 bits per heavy atom. The average molecular weight is 431 g/mol. The molecule has 2 aliphatic rings. The number of cyclic esters (lactones) is 1. The van der Waals surface area contributed by atoms with E-state index in [0.29, 0.717) is 47.1 Å². The maximum Gasteiger partial charge on any atom is 0.340 e. The van der Waals surface area contributed by atoms with Crippen LogP contribution in [0.1, 0.15) is 56.1 Å². The van der Waals surface area contributed by atoms with Gasteiger partial charge in [-0.25, -0.2) is 14.8 Å². The number of hydrogen-bond acceptors (Lipinski definition) is 8. The zero-order valence-electron chi connectivity index (χ0n) is 17.6. The molecule has 2 aromatic carbocycles. The molecule has 32 heavy (non-hydrogen) atoms. The maximum absolute atomic E-state index is 12.8. The lowest BCUT2D eigenvalue weighted by molar-refractivity contribution is 0.0436. The number of methoxy groups -OCH3 is 2. The molecule has 3 aromatic rings. The Labute approximate surface area is 184 Å². The molecule has 2 atom stereocenters. The predicted molar refractivity (Wildman–Crippen MR) is 115 cm³/mol. The first kappa shape index (κ1) is 20.0. The molecule has 8 nitrogen and oxygen atoms in total. The molecule has 1 aliphatic heterocycles. The van der Waals surface area contributed by atoms with Crippen molar-refractivity contribution in [2.75, 3.05) is 19.5 Å². The summed E-state index contributed by atoms with van der Waals surface area (Å²) in [6, 6.07) is 12.9. The minimum Gasteiger partial charge on any atom is -0.493 e. The third kappa shape index (κ3) is 3.43. The van der Waals surface area contributed by atoms with Crippen LogP contribution < -0.4 is 14.8 Å². The summed E-state index contributed by atoms with van der Waals surface area (Å²) < 4.78 is 16.1. The summed E-state index contributed by atoms with van der Waals surface area (Å²) in [5.74, 6) is 1.13. The quantitative estimate of drug-likeness (QED) is 0.611. The number of rotatable bonds is 5. The van der Waals surface area contributed by atoms with E-state index in [9.17, 15) is 9.59 Å². The first-order valence-electron chi connectivity index (χ1n) is 10.2. The van der Waals surface area contributed by atoms with Crippen LogP contribution in [-0.2, 0) is 11.2 Å². The highest BCUT2D eigenvalue weighted by atomic mass is 16.6. The van der Waals surface area contributed by atoms with Crippen LogP contribution in [0.3, 0.4) is 0 Å². The lowest BCUT2D eigenvalue weighted by Gasteiger charge is -2.24. The largest absolute Gasteiger partial charge is 0.493 e. The highest BCUT2D eigenvalue weighted by molar-refractivity contribution is 5.98.